The molecule has 0 saturated heterocycles. The van der Waals surface area contributed by atoms with Gasteiger partial charge in [0.25, 0.3) is 5.91 Å². The fraction of sp³-hybridized carbons (Fsp3) is 0.154. The molecule has 1 amide bonds. The van der Waals surface area contributed by atoms with E-state index in [1.807, 2.05) is 16.8 Å². The number of rotatable bonds is 4. The minimum atomic E-state index is -0.189. The minimum absolute atomic E-state index is 0.189. The van der Waals surface area contributed by atoms with Gasteiger partial charge in [0.05, 0.1) is 12.7 Å². The van der Waals surface area contributed by atoms with Crippen molar-refractivity contribution >= 4 is 22.9 Å². The van der Waals surface area contributed by atoms with Gasteiger partial charge < -0.3 is 15.8 Å². The molecule has 0 unspecified atom stereocenters. The molecule has 0 fully saturated rings. The van der Waals surface area contributed by atoms with Crippen molar-refractivity contribution in [1.82, 2.24) is 5.32 Å². The highest BCUT2D eigenvalue weighted by molar-refractivity contribution is 7.07. The van der Waals surface area contributed by atoms with E-state index in [9.17, 15) is 4.79 Å². The molecule has 0 radical (unpaired) electrons. The van der Waals surface area contributed by atoms with Crippen LogP contribution in [0.5, 0.6) is 5.75 Å². The summed E-state index contributed by atoms with van der Waals surface area (Å²) in [5.74, 6) is 0.331. The van der Waals surface area contributed by atoms with Crippen molar-refractivity contribution in [3.8, 4) is 5.75 Å². The molecular weight excluding hydrogens is 248 g/mol. The Morgan fingerprint density at radius 2 is 2.28 bits per heavy atom. The largest absolute Gasteiger partial charge is 0.496 e. The monoisotopic (exact) mass is 262 g/mol. The fourth-order valence-corrected chi connectivity index (χ4v) is 2.24. The van der Waals surface area contributed by atoms with Crippen LogP contribution in [0.15, 0.2) is 35.0 Å². The van der Waals surface area contributed by atoms with E-state index >= 15 is 0 Å². The third-order valence-electron chi connectivity index (χ3n) is 2.50. The number of thiophene rings is 1. The normalized spacial score (nSPS) is 10.1. The van der Waals surface area contributed by atoms with Crippen LogP contribution in [0, 0.1) is 0 Å². The van der Waals surface area contributed by atoms with Crippen LogP contribution >= 0.6 is 11.3 Å². The average molecular weight is 262 g/mol. The van der Waals surface area contributed by atoms with Gasteiger partial charge in [-0.1, -0.05) is 0 Å². The van der Waals surface area contributed by atoms with E-state index < -0.39 is 0 Å². The van der Waals surface area contributed by atoms with Crippen molar-refractivity contribution < 1.29 is 9.53 Å². The fourth-order valence-electron chi connectivity index (χ4n) is 1.57. The predicted octanol–water partition coefficient (Wildman–Crippen LogP) is 2.27. The van der Waals surface area contributed by atoms with Crippen LogP contribution in [0.25, 0.3) is 0 Å². The number of nitrogen functional groups attached to an aromatic ring is 1. The van der Waals surface area contributed by atoms with Gasteiger partial charge in [-0.05, 0) is 40.6 Å². The highest BCUT2D eigenvalue weighted by Gasteiger charge is 2.12. The van der Waals surface area contributed by atoms with Gasteiger partial charge >= 0.3 is 0 Å². The molecule has 0 saturated carbocycles. The number of carbonyl (C=O) groups excluding carboxylic acids is 1. The maximum atomic E-state index is 12.0. The number of nitrogens with two attached hydrogens (primary N) is 1. The van der Waals surface area contributed by atoms with Gasteiger partial charge in [-0.2, -0.15) is 11.3 Å². The number of nitrogens with one attached hydrogen (secondary N) is 1. The molecule has 1 aromatic heterocycles. The summed E-state index contributed by atoms with van der Waals surface area (Å²) in [6.07, 6.45) is 0. The maximum Gasteiger partial charge on any atom is 0.255 e. The second-order valence-electron chi connectivity index (χ2n) is 3.77. The number of ether oxygens (including phenoxy) is 1. The van der Waals surface area contributed by atoms with Crippen molar-refractivity contribution in [1.29, 1.82) is 0 Å². The second kappa shape index (κ2) is 5.55. The van der Waals surface area contributed by atoms with Gasteiger partial charge in [-0.3, -0.25) is 4.79 Å². The van der Waals surface area contributed by atoms with E-state index in [4.69, 9.17) is 10.5 Å². The molecule has 2 rings (SSSR count). The summed E-state index contributed by atoms with van der Waals surface area (Å²) in [4.78, 5) is 12.0. The van der Waals surface area contributed by atoms with Gasteiger partial charge in [-0.25, -0.2) is 0 Å². The molecule has 0 aliphatic rings. The van der Waals surface area contributed by atoms with Crippen LogP contribution in [0.3, 0.4) is 0 Å². The molecule has 1 heterocycles. The van der Waals surface area contributed by atoms with Gasteiger partial charge in [0, 0.05) is 12.2 Å². The van der Waals surface area contributed by atoms with Crippen molar-refractivity contribution in [2.75, 3.05) is 12.8 Å². The summed E-state index contributed by atoms with van der Waals surface area (Å²) >= 11 is 1.60. The topological polar surface area (TPSA) is 64.3 Å². The second-order valence-corrected chi connectivity index (χ2v) is 4.55. The molecule has 0 aliphatic heterocycles. The number of benzene rings is 1. The molecule has 2 aromatic rings. The Bertz CT molecular complexity index is 538. The van der Waals surface area contributed by atoms with Crippen LogP contribution in [0.2, 0.25) is 0 Å². The zero-order valence-electron chi connectivity index (χ0n) is 9.97. The first-order valence-electron chi connectivity index (χ1n) is 5.43. The van der Waals surface area contributed by atoms with Crippen molar-refractivity contribution in [3.05, 3.63) is 46.2 Å². The van der Waals surface area contributed by atoms with Crippen molar-refractivity contribution in [3.63, 3.8) is 0 Å². The number of carbonyl (C=O) groups is 1. The van der Waals surface area contributed by atoms with Gasteiger partial charge in [-0.15, -0.1) is 0 Å². The Morgan fingerprint density at radius 1 is 1.44 bits per heavy atom. The number of methoxy groups -OCH3 is 1. The SMILES string of the molecule is COc1ccc(N)cc1C(=O)NCc1ccsc1. The molecule has 0 spiro atoms. The van der Waals surface area contributed by atoms with Crippen LogP contribution in [-0.2, 0) is 6.54 Å². The van der Waals surface area contributed by atoms with E-state index in [0.29, 0.717) is 23.5 Å². The maximum absolute atomic E-state index is 12.0. The Labute approximate surface area is 109 Å². The van der Waals surface area contributed by atoms with Gasteiger partial charge in [0.1, 0.15) is 5.75 Å². The van der Waals surface area contributed by atoms with E-state index in [0.717, 1.165) is 5.56 Å². The zero-order valence-corrected chi connectivity index (χ0v) is 10.8. The van der Waals surface area contributed by atoms with Crippen molar-refractivity contribution in [2.45, 2.75) is 6.54 Å². The molecule has 0 bridgehead atoms. The van der Waals surface area contributed by atoms with Crippen LogP contribution in [0.4, 0.5) is 5.69 Å². The molecule has 18 heavy (non-hydrogen) atoms. The van der Waals surface area contributed by atoms with Crippen LogP contribution < -0.4 is 15.8 Å². The van der Waals surface area contributed by atoms with E-state index in [-0.39, 0.29) is 5.91 Å². The third-order valence-corrected chi connectivity index (χ3v) is 3.23. The smallest absolute Gasteiger partial charge is 0.255 e. The first kappa shape index (κ1) is 12.4. The first-order chi connectivity index (χ1) is 8.70. The standard InChI is InChI=1S/C13H14N2O2S/c1-17-12-3-2-10(14)6-11(12)13(16)15-7-9-4-5-18-8-9/h2-6,8H,7,14H2,1H3,(H,15,16). The van der Waals surface area contributed by atoms with Gasteiger partial charge in [0.15, 0.2) is 0 Å². The molecule has 94 valence electrons. The average Bonchev–Trinajstić information content (AvgIpc) is 2.89. The lowest BCUT2D eigenvalue weighted by Crippen LogP contribution is -2.23. The highest BCUT2D eigenvalue weighted by Crippen LogP contribution is 2.21. The third kappa shape index (κ3) is 2.81. The molecular formula is C13H14N2O2S. The molecule has 3 N–H and O–H groups in total. The first-order valence-corrected chi connectivity index (χ1v) is 6.38. The van der Waals surface area contributed by atoms with E-state index in [2.05, 4.69) is 5.32 Å². The molecule has 0 aliphatic carbocycles. The summed E-state index contributed by atoms with van der Waals surface area (Å²) in [6.45, 7) is 0.500. The van der Waals surface area contributed by atoms with E-state index in [1.165, 1.54) is 7.11 Å². The summed E-state index contributed by atoms with van der Waals surface area (Å²) < 4.78 is 5.14. The van der Waals surface area contributed by atoms with Gasteiger partial charge in [0.2, 0.25) is 0 Å². The molecule has 0 atom stereocenters. The lowest BCUT2D eigenvalue weighted by molar-refractivity contribution is 0.0948. The summed E-state index contributed by atoms with van der Waals surface area (Å²) in [7, 11) is 1.53. The Hall–Kier alpha value is -2.01. The number of amides is 1. The Balaban J connectivity index is 2.10. The number of hydrogen-bond acceptors (Lipinski definition) is 4. The number of anilines is 1. The quantitative estimate of drug-likeness (QED) is 0.831. The Morgan fingerprint density at radius 3 is 2.94 bits per heavy atom. The Kier molecular flexibility index (Phi) is 3.84. The van der Waals surface area contributed by atoms with E-state index in [1.54, 1.807) is 29.5 Å². The molecule has 4 nitrogen and oxygen atoms in total. The number of hydrogen-bond donors (Lipinski definition) is 2. The van der Waals surface area contributed by atoms with Crippen LogP contribution in [0.1, 0.15) is 15.9 Å². The lowest BCUT2D eigenvalue weighted by atomic mass is 10.1. The summed E-state index contributed by atoms with van der Waals surface area (Å²) in [5.41, 5.74) is 7.75. The zero-order chi connectivity index (χ0) is 13.0. The summed E-state index contributed by atoms with van der Waals surface area (Å²) in [6, 6.07) is 6.98. The van der Waals surface area contributed by atoms with Crippen molar-refractivity contribution in [2.24, 2.45) is 0 Å². The minimum Gasteiger partial charge on any atom is -0.496 e. The summed E-state index contributed by atoms with van der Waals surface area (Å²) in [5, 5.41) is 6.81. The predicted molar refractivity (Wildman–Crippen MR) is 72.9 cm³/mol. The lowest BCUT2D eigenvalue weighted by Gasteiger charge is -2.09. The molecule has 1 aromatic carbocycles. The van der Waals surface area contributed by atoms with Crippen LogP contribution in [-0.4, -0.2) is 13.0 Å². The molecule has 5 heteroatoms. The highest BCUT2D eigenvalue weighted by atomic mass is 32.1.